The Kier molecular flexibility index (Phi) is 5.35. The van der Waals surface area contributed by atoms with Crippen LogP contribution in [0.4, 0.5) is 25.3 Å². The first kappa shape index (κ1) is 19.8. The molecule has 1 saturated heterocycles. The van der Waals surface area contributed by atoms with Crippen molar-refractivity contribution < 1.29 is 18.1 Å². The zero-order valence-electron chi connectivity index (χ0n) is 16.7. The van der Waals surface area contributed by atoms with Gasteiger partial charge in [-0.05, 0) is 38.1 Å². The van der Waals surface area contributed by atoms with Crippen molar-refractivity contribution in [2.45, 2.75) is 13.8 Å². The standard InChI is InChI=1S/C21H21F2N5O2/c1-13-14(2)26-30-20(13)25-21(29)28-10-8-27(9-11-28)19-5-3-4-18(24-19)16-7-6-15(22)12-17(16)23/h3-7,12H,8-11H2,1-2H3,(H,25,29). The number of nitrogens with zero attached hydrogens (tertiary/aromatic N) is 4. The summed E-state index contributed by atoms with van der Waals surface area (Å²) in [5, 5.41) is 6.59. The van der Waals surface area contributed by atoms with Crippen LogP contribution < -0.4 is 10.2 Å². The first-order valence-corrected chi connectivity index (χ1v) is 9.58. The fourth-order valence-electron chi connectivity index (χ4n) is 3.29. The van der Waals surface area contributed by atoms with Crippen molar-refractivity contribution in [1.82, 2.24) is 15.0 Å². The molecule has 2 aromatic heterocycles. The highest BCUT2D eigenvalue weighted by Crippen LogP contribution is 2.25. The molecule has 3 heterocycles. The third kappa shape index (κ3) is 3.96. The van der Waals surface area contributed by atoms with E-state index in [9.17, 15) is 13.6 Å². The Morgan fingerprint density at radius 1 is 1.10 bits per heavy atom. The van der Waals surface area contributed by atoms with E-state index < -0.39 is 11.6 Å². The van der Waals surface area contributed by atoms with Crippen molar-refractivity contribution in [1.29, 1.82) is 0 Å². The minimum Gasteiger partial charge on any atom is -0.353 e. The number of anilines is 2. The van der Waals surface area contributed by atoms with Gasteiger partial charge in [-0.25, -0.2) is 18.6 Å². The van der Waals surface area contributed by atoms with Crippen molar-refractivity contribution in [2.24, 2.45) is 0 Å². The van der Waals surface area contributed by atoms with Crippen LogP contribution in [-0.4, -0.2) is 47.3 Å². The normalized spacial score (nSPS) is 14.1. The van der Waals surface area contributed by atoms with Crippen LogP contribution in [0.5, 0.6) is 0 Å². The molecule has 0 saturated carbocycles. The van der Waals surface area contributed by atoms with Crippen LogP contribution >= 0.6 is 0 Å². The van der Waals surface area contributed by atoms with E-state index >= 15 is 0 Å². The van der Waals surface area contributed by atoms with Gasteiger partial charge in [-0.2, -0.15) is 0 Å². The molecule has 0 unspecified atom stereocenters. The predicted octanol–water partition coefficient (Wildman–Crippen LogP) is 3.99. The Morgan fingerprint density at radius 2 is 1.87 bits per heavy atom. The molecule has 0 radical (unpaired) electrons. The molecule has 7 nitrogen and oxygen atoms in total. The summed E-state index contributed by atoms with van der Waals surface area (Å²) in [6.07, 6.45) is 0. The highest BCUT2D eigenvalue weighted by Gasteiger charge is 2.24. The maximum Gasteiger partial charge on any atom is 0.324 e. The van der Waals surface area contributed by atoms with Crippen molar-refractivity contribution in [3.63, 3.8) is 0 Å². The second kappa shape index (κ2) is 8.10. The van der Waals surface area contributed by atoms with Gasteiger partial charge in [0.1, 0.15) is 17.5 Å². The molecule has 1 fully saturated rings. The van der Waals surface area contributed by atoms with E-state index in [1.807, 2.05) is 24.8 Å². The third-order valence-electron chi connectivity index (χ3n) is 5.21. The van der Waals surface area contributed by atoms with Crippen molar-refractivity contribution >= 4 is 17.7 Å². The highest BCUT2D eigenvalue weighted by molar-refractivity contribution is 5.88. The van der Waals surface area contributed by atoms with E-state index in [1.165, 1.54) is 12.1 Å². The number of aromatic nitrogens is 2. The van der Waals surface area contributed by atoms with Crippen molar-refractivity contribution in [3.8, 4) is 11.3 Å². The molecule has 2 amide bonds. The van der Waals surface area contributed by atoms with Gasteiger partial charge in [-0.1, -0.05) is 11.2 Å². The van der Waals surface area contributed by atoms with Crippen LogP contribution in [0, 0.1) is 25.5 Å². The molecule has 0 bridgehead atoms. The number of halogens is 2. The van der Waals surface area contributed by atoms with Gasteiger partial charge in [0, 0.05) is 43.4 Å². The van der Waals surface area contributed by atoms with Gasteiger partial charge in [0.15, 0.2) is 0 Å². The topological polar surface area (TPSA) is 74.5 Å². The largest absolute Gasteiger partial charge is 0.353 e. The molecular formula is C21H21F2N5O2. The maximum absolute atomic E-state index is 14.1. The smallest absolute Gasteiger partial charge is 0.324 e. The van der Waals surface area contributed by atoms with Crippen LogP contribution in [0.1, 0.15) is 11.3 Å². The summed E-state index contributed by atoms with van der Waals surface area (Å²) in [6.45, 7) is 5.78. The molecule has 30 heavy (non-hydrogen) atoms. The number of aryl methyl sites for hydroxylation is 1. The maximum atomic E-state index is 14.1. The number of piperazine rings is 1. The van der Waals surface area contributed by atoms with E-state index in [1.54, 1.807) is 17.0 Å². The van der Waals surface area contributed by atoms with Crippen molar-refractivity contribution in [2.75, 3.05) is 36.4 Å². The number of nitrogens with one attached hydrogen (secondary N) is 1. The summed E-state index contributed by atoms with van der Waals surface area (Å²) in [7, 11) is 0. The quantitative estimate of drug-likeness (QED) is 0.703. The molecule has 0 aliphatic carbocycles. The number of pyridine rings is 1. The number of urea groups is 1. The van der Waals surface area contributed by atoms with Gasteiger partial charge in [-0.15, -0.1) is 0 Å². The minimum absolute atomic E-state index is 0.244. The number of amides is 2. The third-order valence-corrected chi connectivity index (χ3v) is 5.21. The molecule has 156 valence electrons. The van der Waals surface area contributed by atoms with Crippen LogP contribution in [-0.2, 0) is 0 Å². The van der Waals surface area contributed by atoms with Gasteiger partial charge >= 0.3 is 6.03 Å². The van der Waals surface area contributed by atoms with Crippen LogP contribution in [0.15, 0.2) is 40.9 Å². The molecule has 1 aromatic carbocycles. The lowest BCUT2D eigenvalue weighted by Crippen LogP contribution is -2.50. The first-order chi connectivity index (χ1) is 14.4. The second-order valence-electron chi connectivity index (χ2n) is 7.13. The van der Waals surface area contributed by atoms with Crippen molar-refractivity contribution in [3.05, 3.63) is 59.3 Å². The summed E-state index contributed by atoms with van der Waals surface area (Å²) in [4.78, 5) is 20.7. The molecule has 0 spiro atoms. The summed E-state index contributed by atoms with van der Waals surface area (Å²) >= 11 is 0. The second-order valence-corrected chi connectivity index (χ2v) is 7.13. The van der Waals surface area contributed by atoms with E-state index in [0.717, 1.165) is 17.3 Å². The number of hydrogen-bond donors (Lipinski definition) is 1. The van der Waals surface area contributed by atoms with Gasteiger partial charge in [0.05, 0.1) is 11.4 Å². The van der Waals surface area contributed by atoms with Crippen LogP contribution in [0.3, 0.4) is 0 Å². The zero-order valence-corrected chi connectivity index (χ0v) is 16.7. The zero-order chi connectivity index (χ0) is 21.3. The average Bonchev–Trinajstić information content (AvgIpc) is 3.06. The molecule has 4 rings (SSSR count). The fraction of sp³-hybridized carbons (Fsp3) is 0.286. The van der Waals surface area contributed by atoms with Gasteiger partial charge in [0.25, 0.3) is 0 Å². The summed E-state index contributed by atoms with van der Waals surface area (Å²) in [5.41, 5.74) is 2.21. The van der Waals surface area contributed by atoms with E-state index in [0.29, 0.717) is 43.6 Å². The Bertz CT molecular complexity index is 1080. The van der Waals surface area contributed by atoms with Gasteiger partial charge in [0.2, 0.25) is 5.88 Å². The number of rotatable bonds is 3. The van der Waals surface area contributed by atoms with Crippen LogP contribution in [0.2, 0.25) is 0 Å². The predicted molar refractivity (Wildman–Crippen MR) is 108 cm³/mol. The molecule has 0 atom stereocenters. The Morgan fingerprint density at radius 3 is 2.53 bits per heavy atom. The molecule has 1 N–H and O–H groups in total. The average molecular weight is 413 g/mol. The molecule has 1 aliphatic rings. The number of benzene rings is 1. The molecule has 1 aliphatic heterocycles. The minimum atomic E-state index is -0.654. The lowest BCUT2D eigenvalue weighted by Gasteiger charge is -2.35. The van der Waals surface area contributed by atoms with E-state index in [2.05, 4.69) is 15.5 Å². The highest BCUT2D eigenvalue weighted by atomic mass is 19.1. The van der Waals surface area contributed by atoms with Gasteiger partial charge in [-0.3, -0.25) is 5.32 Å². The lowest BCUT2D eigenvalue weighted by molar-refractivity contribution is 0.207. The molecule has 3 aromatic rings. The number of hydrogen-bond acceptors (Lipinski definition) is 5. The lowest BCUT2D eigenvalue weighted by atomic mass is 10.1. The fourth-order valence-corrected chi connectivity index (χ4v) is 3.29. The Labute approximate surface area is 172 Å². The number of carbonyl (C=O) groups excluding carboxylic acids is 1. The first-order valence-electron chi connectivity index (χ1n) is 9.58. The van der Waals surface area contributed by atoms with Gasteiger partial charge < -0.3 is 14.3 Å². The van der Waals surface area contributed by atoms with Crippen LogP contribution in [0.25, 0.3) is 11.3 Å². The van der Waals surface area contributed by atoms with E-state index in [4.69, 9.17) is 4.52 Å². The molecule has 9 heteroatoms. The van der Waals surface area contributed by atoms with E-state index in [-0.39, 0.29) is 11.6 Å². The molecular weight excluding hydrogens is 392 g/mol. The monoisotopic (exact) mass is 413 g/mol. The Hall–Kier alpha value is -3.49. The Balaban J connectivity index is 1.42. The summed E-state index contributed by atoms with van der Waals surface area (Å²) in [6, 6.07) is 8.50. The summed E-state index contributed by atoms with van der Waals surface area (Å²) in [5.74, 6) is -0.245. The SMILES string of the molecule is Cc1noc(NC(=O)N2CCN(c3cccc(-c4ccc(F)cc4F)n3)CC2)c1C. The summed E-state index contributed by atoms with van der Waals surface area (Å²) < 4.78 is 32.4. The number of carbonyl (C=O) groups is 1.